The van der Waals surface area contributed by atoms with E-state index in [0.29, 0.717) is 12.2 Å². The highest BCUT2D eigenvalue weighted by Crippen LogP contribution is 2.46. The normalized spacial score (nSPS) is 29.0. The van der Waals surface area contributed by atoms with E-state index < -0.39 is 64.5 Å². The molecular formula is C29H40N6O7. The second kappa shape index (κ2) is 10.1. The quantitative estimate of drug-likeness (QED) is 0.478. The summed E-state index contributed by atoms with van der Waals surface area (Å²) in [6.07, 6.45) is 2.74. The number of anilines is 1. The van der Waals surface area contributed by atoms with Crippen LogP contribution in [0.4, 0.5) is 10.6 Å². The van der Waals surface area contributed by atoms with Gasteiger partial charge in [0.05, 0.1) is 6.54 Å². The Morgan fingerprint density at radius 3 is 2.55 bits per heavy atom. The molecule has 1 aromatic rings. The third-order valence-corrected chi connectivity index (χ3v) is 8.52. The first-order chi connectivity index (χ1) is 19.5. The SMILES string of the molecule is CC(C)(C)OC(=O)N[C@H](C(=O)N1[C@@H]2CC[C@@H](C2)[C@H]1C(=O)N1C[C@@]2(C[C@H]1C(N)=O)Oc1cccnc1NC2=O)C(C)(C)C. The van der Waals surface area contributed by atoms with Gasteiger partial charge in [-0.25, -0.2) is 9.78 Å². The van der Waals surface area contributed by atoms with Gasteiger partial charge in [-0.2, -0.15) is 0 Å². The van der Waals surface area contributed by atoms with Crippen molar-refractivity contribution < 1.29 is 33.4 Å². The average molecular weight is 585 g/mol. The van der Waals surface area contributed by atoms with E-state index in [-0.39, 0.29) is 30.7 Å². The van der Waals surface area contributed by atoms with E-state index in [1.54, 1.807) is 37.8 Å². The molecule has 13 nitrogen and oxygen atoms in total. The third kappa shape index (κ3) is 5.24. The van der Waals surface area contributed by atoms with E-state index in [4.69, 9.17) is 15.2 Å². The van der Waals surface area contributed by atoms with E-state index in [1.807, 2.05) is 20.8 Å². The van der Waals surface area contributed by atoms with Crippen LogP contribution in [0, 0.1) is 11.3 Å². The predicted molar refractivity (Wildman–Crippen MR) is 150 cm³/mol. The minimum Gasteiger partial charge on any atom is -0.472 e. The molecule has 5 amide bonds. The third-order valence-electron chi connectivity index (χ3n) is 8.52. The number of primary amides is 1. The maximum atomic E-state index is 14.3. The average Bonchev–Trinajstić information content (AvgIpc) is 3.59. The van der Waals surface area contributed by atoms with Gasteiger partial charge in [-0.3, -0.25) is 19.2 Å². The topological polar surface area (TPSA) is 173 Å². The summed E-state index contributed by atoms with van der Waals surface area (Å²) in [6.45, 7) is 10.5. The first-order valence-electron chi connectivity index (χ1n) is 14.4. The largest absolute Gasteiger partial charge is 0.472 e. The minimum absolute atomic E-state index is 0.131. The number of ether oxygens (including phenoxy) is 2. The molecule has 2 saturated heterocycles. The monoisotopic (exact) mass is 584 g/mol. The first-order valence-corrected chi connectivity index (χ1v) is 14.4. The Labute approximate surface area is 244 Å². The lowest BCUT2D eigenvalue weighted by molar-refractivity contribution is -0.152. The standard InChI is InChI=1S/C29H40N6O7/c1-27(2,3)20(32-26(40)42-28(4,5)6)24(38)35-16-10-9-15(12-16)19(35)23(37)34-14-29(13-17(34)21(30)36)25(39)33-22-18(41-29)8-7-11-31-22/h7-8,11,15-17,19-20H,9-10,12-14H2,1-6H3,(H2,30,36)(H,32,40)(H,31,33,39)/t15-,16+,17-,19-,20+,29+/m0/s1. The Balaban J connectivity index is 1.43. The lowest BCUT2D eigenvalue weighted by Gasteiger charge is -2.41. The van der Waals surface area contributed by atoms with Crippen LogP contribution < -0.4 is 21.1 Å². The molecule has 1 aromatic heterocycles. The van der Waals surface area contributed by atoms with E-state index in [9.17, 15) is 24.0 Å². The van der Waals surface area contributed by atoms with E-state index in [2.05, 4.69) is 15.6 Å². The molecule has 0 aromatic carbocycles. The lowest BCUT2D eigenvalue weighted by atomic mass is 9.85. The van der Waals surface area contributed by atoms with Gasteiger partial charge in [0.25, 0.3) is 5.91 Å². The highest BCUT2D eigenvalue weighted by atomic mass is 16.6. The van der Waals surface area contributed by atoms with E-state index >= 15 is 0 Å². The van der Waals surface area contributed by atoms with Crippen molar-refractivity contribution in [1.82, 2.24) is 20.1 Å². The van der Waals surface area contributed by atoms with Crippen LogP contribution in [0.3, 0.4) is 0 Å². The summed E-state index contributed by atoms with van der Waals surface area (Å²) in [4.78, 5) is 74.2. The summed E-state index contributed by atoms with van der Waals surface area (Å²) in [6, 6.07) is 0.139. The number of pyridine rings is 1. The van der Waals surface area contributed by atoms with Gasteiger partial charge in [0.15, 0.2) is 11.6 Å². The number of hydrogen-bond acceptors (Lipinski definition) is 8. The fourth-order valence-electron chi connectivity index (χ4n) is 6.66. The molecule has 13 heteroatoms. The molecule has 1 saturated carbocycles. The van der Waals surface area contributed by atoms with Crippen LogP contribution in [0.2, 0.25) is 0 Å². The number of fused-ring (bicyclic) bond motifs is 3. The van der Waals surface area contributed by atoms with Crippen LogP contribution in [-0.2, 0) is 23.9 Å². The Morgan fingerprint density at radius 1 is 1.19 bits per heavy atom. The highest BCUT2D eigenvalue weighted by Gasteiger charge is 2.61. The first kappa shape index (κ1) is 29.6. The maximum absolute atomic E-state index is 14.3. The van der Waals surface area contributed by atoms with Crippen molar-refractivity contribution >= 4 is 35.5 Å². The zero-order valence-electron chi connectivity index (χ0n) is 24.9. The Morgan fingerprint density at radius 2 is 1.90 bits per heavy atom. The smallest absolute Gasteiger partial charge is 0.408 e. The second-order valence-corrected chi connectivity index (χ2v) is 13.9. The number of hydrogen-bond donors (Lipinski definition) is 3. The number of likely N-dealkylation sites (tertiary alicyclic amines) is 2. The summed E-state index contributed by atoms with van der Waals surface area (Å²) in [5.41, 5.74) is 2.76. The van der Waals surface area contributed by atoms with Crippen molar-refractivity contribution in [3.8, 4) is 5.75 Å². The summed E-state index contributed by atoms with van der Waals surface area (Å²) in [7, 11) is 0. The van der Waals surface area contributed by atoms with Gasteiger partial charge in [-0.15, -0.1) is 0 Å². The summed E-state index contributed by atoms with van der Waals surface area (Å²) in [5, 5.41) is 5.46. The summed E-state index contributed by atoms with van der Waals surface area (Å²) in [5.74, 6) is -1.70. The van der Waals surface area contributed by atoms with Crippen molar-refractivity contribution in [2.45, 2.75) is 103 Å². The molecular weight excluding hydrogens is 544 g/mol. The van der Waals surface area contributed by atoms with Gasteiger partial charge in [-0.1, -0.05) is 20.8 Å². The number of nitrogens with zero attached hydrogens (tertiary/aromatic N) is 3. The number of aromatic nitrogens is 1. The van der Waals surface area contributed by atoms with Crippen LogP contribution in [0.15, 0.2) is 18.3 Å². The van der Waals surface area contributed by atoms with Crippen LogP contribution in [0.5, 0.6) is 5.75 Å². The minimum atomic E-state index is -1.54. The number of carbonyl (C=O) groups is 5. The predicted octanol–water partition coefficient (Wildman–Crippen LogP) is 1.56. The zero-order chi connectivity index (χ0) is 30.8. The molecule has 5 rings (SSSR count). The molecule has 42 heavy (non-hydrogen) atoms. The van der Waals surface area contributed by atoms with Gasteiger partial charge in [0.1, 0.15) is 23.7 Å². The molecule has 6 atom stereocenters. The van der Waals surface area contributed by atoms with Crippen molar-refractivity contribution in [3.63, 3.8) is 0 Å². The Hall–Kier alpha value is -3.90. The molecule has 4 aliphatic rings. The van der Waals surface area contributed by atoms with Crippen molar-refractivity contribution in [2.24, 2.45) is 17.1 Å². The highest BCUT2D eigenvalue weighted by molar-refractivity contribution is 6.03. The van der Waals surface area contributed by atoms with Crippen LogP contribution in [-0.4, -0.2) is 86.4 Å². The van der Waals surface area contributed by atoms with Gasteiger partial charge in [0.2, 0.25) is 23.3 Å². The molecule has 0 unspecified atom stereocenters. The Bertz CT molecular complexity index is 1320. The van der Waals surface area contributed by atoms with Gasteiger partial charge >= 0.3 is 6.09 Å². The molecule has 1 spiro atoms. The number of rotatable bonds is 4. The van der Waals surface area contributed by atoms with Crippen LogP contribution in [0.25, 0.3) is 0 Å². The molecule has 1 aliphatic carbocycles. The maximum Gasteiger partial charge on any atom is 0.408 e. The van der Waals surface area contributed by atoms with Crippen molar-refractivity contribution in [3.05, 3.63) is 18.3 Å². The zero-order valence-corrected chi connectivity index (χ0v) is 24.9. The molecule has 3 fully saturated rings. The molecule has 0 radical (unpaired) electrons. The van der Waals surface area contributed by atoms with Gasteiger partial charge in [-0.05, 0) is 63.5 Å². The molecule has 228 valence electrons. The summed E-state index contributed by atoms with van der Waals surface area (Å²) < 4.78 is 11.5. The number of carbonyl (C=O) groups excluding carboxylic acids is 5. The molecule has 3 aliphatic heterocycles. The van der Waals surface area contributed by atoms with Crippen LogP contribution in [0.1, 0.15) is 67.2 Å². The second-order valence-electron chi connectivity index (χ2n) is 13.9. The Kier molecular flexibility index (Phi) is 7.13. The number of alkyl carbamates (subject to hydrolysis) is 1. The van der Waals surface area contributed by atoms with Crippen molar-refractivity contribution in [2.75, 3.05) is 11.9 Å². The molecule has 2 bridgehead atoms. The summed E-state index contributed by atoms with van der Waals surface area (Å²) >= 11 is 0. The lowest BCUT2D eigenvalue weighted by Crippen LogP contribution is -2.62. The van der Waals surface area contributed by atoms with E-state index in [0.717, 1.165) is 12.8 Å². The van der Waals surface area contributed by atoms with Crippen molar-refractivity contribution in [1.29, 1.82) is 0 Å². The molecule has 4 heterocycles. The van der Waals surface area contributed by atoms with Gasteiger partial charge in [0, 0.05) is 18.7 Å². The number of piperidine rings is 1. The number of nitrogens with one attached hydrogen (secondary N) is 2. The number of amides is 5. The van der Waals surface area contributed by atoms with Gasteiger partial charge < -0.3 is 35.6 Å². The fourth-order valence-corrected chi connectivity index (χ4v) is 6.66. The fraction of sp³-hybridized carbons (Fsp3) is 0.655. The van der Waals surface area contributed by atoms with E-state index in [1.165, 1.54) is 11.1 Å². The number of nitrogens with two attached hydrogens (primary N) is 1. The van der Waals surface area contributed by atoms with Crippen LogP contribution >= 0.6 is 0 Å². The molecule has 4 N–H and O–H groups in total.